The lowest BCUT2D eigenvalue weighted by atomic mass is 10.1. The van der Waals surface area contributed by atoms with Crippen LogP contribution in [0.15, 0.2) is 0 Å². The van der Waals surface area contributed by atoms with Crippen LogP contribution in [-0.4, -0.2) is 49.3 Å². The van der Waals surface area contributed by atoms with E-state index in [9.17, 15) is 19.0 Å². The van der Waals surface area contributed by atoms with E-state index in [0.717, 1.165) is 44.9 Å². The van der Waals surface area contributed by atoms with E-state index in [1.807, 2.05) is 0 Å². The highest BCUT2D eigenvalue weighted by atomic mass is 31.2. The van der Waals surface area contributed by atoms with Crippen LogP contribution in [0.25, 0.3) is 0 Å². The first kappa shape index (κ1) is 34.0. The Balaban J connectivity index is 4.41. The number of hydrogen-bond donors (Lipinski definition) is 2. The van der Waals surface area contributed by atoms with E-state index in [4.69, 9.17) is 24.3 Å². The fraction of sp³-hybridized carbons (Fsp3) is 0.920. The molecule has 0 saturated heterocycles. The van der Waals surface area contributed by atoms with Crippen molar-refractivity contribution in [3.05, 3.63) is 0 Å². The van der Waals surface area contributed by atoms with Gasteiger partial charge in [-0.3, -0.25) is 18.6 Å². The second-order valence-corrected chi connectivity index (χ2v) is 10.4. The molecule has 0 bridgehead atoms. The molecule has 0 aromatic heterocycles. The summed E-state index contributed by atoms with van der Waals surface area (Å²) < 4.78 is 32.1. The van der Waals surface area contributed by atoms with Crippen LogP contribution >= 0.6 is 7.82 Å². The van der Waals surface area contributed by atoms with Gasteiger partial charge in [-0.25, -0.2) is 4.57 Å². The number of phosphoric ester groups is 1. The van der Waals surface area contributed by atoms with E-state index in [1.165, 1.54) is 38.5 Å². The van der Waals surface area contributed by atoms with Gasteiger partial charge >= 0.3 is 19.8 Å². The fourth-order valence-corrected chi connectivity index (χ4v) is 4.22. The zero-order valence-corrected chi connectivity index (χ0v) is 22.9. The molecular weight excluding hydrogens is 473 g/mol. The summed E-state index contributed by atoms with van der Waals surface area (Å²) in [4.78, 5) is 34.0. The maximum absolute atomic E-state index is 12.3. The largest absolute Gasteiger partial charge is 0.472 e. The lowest BCUT2D eigenvalue weighted by molar-refractivity contribution is -0.161. The van der Waals surface area contributed by atoms with E-state index in [0.29, 0.717) is 6.42 Å². The summed E-state index contributed by atoms with van der Waals surface area (Å²) in [7, 11) is -4.34. The average molecular weight is 524 g/mol. The Morgan fingerprint density at radius 3 is 1.74 bits per heavy atom. The summed E-state index contributed by atoms with van der Waals surface area (Å²) in [5.74, 6) is -0.844. The van der Waals surface area contributed by atoms with Crippen molar-refractivity contribution < 1.29 is 37.6 Å². The number of nitrogens with two attached hydrogens (primary N) is 1. The van der Waals surface area contributed by atoms with Crippen molar-refractivity contribution in [1.29, 1.82) is 0 Å². The van der Waals surface area contributed by atoms with Crippen molar-refractivity contribution in [2.75, 3.05) is 26.4 Å². The summed E-state index contributed by atoms with van der Waals surface area (Å²) in [6, 6.07) is 0. The predicted octanol–water partition coefficient (Wildman–Crippen LogP) is 5.82. The molecule has 0 amide bonds. The lowest BCUT2D eigenvalue weighted by Crippen LogP contribution is -2.29. The molecule has 0 aliphatic carbocycles. The van der Waals surface area contributed by atoms with Gasteiger partial charge in [0.2, 0.25) is 0 Å². The Morgan fingerprint density at radius 1 is 0.743 bits per heavy atom. The standard InChI is InChI=1S/C25H50NO8P/c1-3-5-7-9-11-12-14-16-18-25(28)34-23(22-33-35(29,30)32-20-19-26)21-31-24(27)17-15-13-10-8-6-4-2/h23H,3-22,26H2,1-2H3,(H,29,30). The second kappa shape index (κ2) is 23.4. The van der Waals surface area contributed by atoms with Crippen molar-refractivity contribution in [3.8, 4) is 0 Å². The number of phosphoric acid groups is 1. The summed E-state index contributed by atoms with van der Waals surface area (Å²) in [5, 5.41) is 0. The Bertz CT molecular complexity index is 576. The van der Waals surface area contributed by atoms with Crippen LogP contribution in [0.5, 0.6) is 0 Å². The summed E-state index contributed by atoms with van der Waals surface area (Å²) in [6.45, 7) is 3.58. The number of carbonyl (C=O) groups is 2. The van der Waals surface area contributed by atoms with Crippen molar-refractivity contribution >= 4 is 19.8 Å². The van der Waals surface area contributed by atoms with Gasteiger partial charge in [0.1, 0.15) is 6.61 Å². The van der Waals surface area contributed by atoms with Crippen LogP contribution in [0.2, 0.25) is 0 Å². The highest BCUT2D eigenvalue weighted by molar-refractivity contribution is 7.47. The van der Waals surface area contributed by atoms with E-state index in [-0.39, 0.29) is 32.6 Å². The Hall–Kier alpha value is -0.990. The van der Waals surface area contributed by atoms with Crippen LogP contribution in [0.1, 0.15) is 117 Å². The average Bonchev–Trinajstić information content (AvgIpc) is 2.83. The van der Waals surface area contributed by atoms with Crippen LogP contribution in [0.4, 0.5) is 0 Å². The Kier molecular flexibility index (Phi) is 22.7. The minimum Gasteiger partial charge on any atom is -0.462 e. The van der Waals surface area contributed by atoms with Crippen LogP contribution in [0.3, 0.4) is 0 Å². The number of rotatable bonds is 25. The smallest absolute Gasteiger partial charge is 0.462 e. The fourth-order valence-electron chi connectivity index (χ4n) is 3.45. The zero-order chi connectivity index (χ0) is 26.2. The molecule has 3 N–H and O–H groups in total. The van der Waals surface area contributed by atoms with Gasteiger partial charge in [-0.15, -0.1) is 0 Å². The molecule has 0 fully saturated rings. The quantitative estimate of drug-likeness (QED) is 0.0862. The minimum absolute atomic E-state index is 0.0565. The molecule has 0 aromatic carbocycles. The third-order valence-corrected chi connectivity index (χ3v) is 6.48. The molecule has 0 spiro atoms. The number of esters is 2. The van der Waals surface area contributed by atoms with Crippen molar-refractivity contribution in [3.63, 3.8) is 0 Å². The van der Waals surface area contributed by atoms with Gasteiger partial charge in [0.15, 0.2) is 6.10 Å². The third kappa shape index (κ3) is 23.2. The Morgan fingerprint density at radius 2 is 1.23 bits per heavy atom. The van der Waals surface area contributed by atoms with E-state index < -0.39 is 32.5 Å². The number of ether oxygens (including phenoxy) is 2. The zero-order valence-electron chi connectivity index (χ0n) is 22.0. The molecule has 9 nitrogen and oxygen atoms in total. The molecule has 35 heavy (non-hydrogen) atoms. The second-order valence-electron chi connectivity index (χ2n) is 8.92. The molecule has 0 aliphatic rings. The van der Waals surface area contributed by atoms with Gasteiger partial charge in [-0.05, 0) is 12.8 Å². The predicted molar refractivity (Wildman–Crippen MR) is 137 cm³/mol. The van der Waals surface area contributed by atoms with Crippen LogP contribution in [-0.2, 0) is 32.7 Å². The number of unbranched alkanes of at least 4 members (excludes halogenated alkanes) is 12. The van der Waals surface area contributed by atoms with Gasteiger partial charge in [0, 0.05) is 19.4 Å². The molecule has 0 aromatic rings. The first-order valence-electron chi connectivity index (χ1n) is 13.5. The van der Waals surface area contributed by atoms with Gasteiger partial charge in [-0.2, -0.15) is 0 Å². The van der Waals surface area contributed by atoms with Gasteiger partial charge in [0.05, 0.1) is 13.2 Å². The summed E-state index contributed by atoms with van der Waals surface area (Å²) >= 11 is 0. The maximum atomic E-state index is 12.3. The third-order valence-electron chi connectivity index (χ3n) is 5.49. The molecule has 0 aliphatic heterocycles. The van der Waals surface area contributed by atoms with E-state index >= 15 is 0 Å². The molecule has 0 saturated carbocycles. The SMILES string of the molecule is CCCCCCCCCCC(=O)OC(COC(=O)CCCCCCCC)COP(=O)(O)OCCN. The van der Waals surface area contributed by atoms with Gasteiger partial charge in [-0.1, -0.05) is 90.9 Å². The number of carbonyl (C=O) groups excluding carboxylic acids is 2. The molecule has 208 valence electrons. The van der Waals surface area contributed by atoms with Gasteiger partial charge < -0.3 is 20.1 Å². The molecule has 2 unspecified atom stereocenters. The van der Waals surface area contributed by atoms with E-state index in [1.54, 1.807) is 0 Å². The molecule has 0 rings (SSSR count). The molecule has 0 heterocycles. The first-order valence-corrected chi connectivity index (χ1v) is 15.0. The maximum Gasteiger partial charge on any atom is 0.472 e. The minimum atomic E-state index is -4.34. The molecule has 0 radical (unpaired) electrons. The summed E-state index contributed by atoms with van der Waals surface area (Å²) in [5.41, 5.74) is 5.27. The Labute approximate surface area is 212 Å². The molecular formula is C25H50NO8P. The van der Waals surface area contributed by atoms with Crippen LogP contribution < -0.4 is 5.73 Å². The van der Waals surface area contributed by atoms with Crippen molar-refractivity contribution in [1.82, 2.24) is 0 Å². The van der Waals surface area contributed by atoms with E-state index in [2.05, 4.69) is 13.8 Å². The van der Waals surface area contributed by atoms with Gasteiger partial charge in [0.25, 0.3) is 0 Å². The number of hydrogen-bond acceptors (Lipinski definition) is 8. The summed E-state index contributed by atoms with van der Waals surface area (Å²) in [6.07, 6.45) is 14.7. The lowest BCUT2D eigenvalue weighted by Gasteiger charge is -2.19. The highest BCUT2D eigenvalue weighted by Crippen LogP contribution is 2.43. The molecule has 2 atom stereocenters. The normalized spacial score (nSPS) is 13.8. The topological polar surface area (TPSA) is 134 Å². The van der Waals surface area contributed by atoms with Crippen molar-refractivity contribution in [2.45, 2.75) is 123 Å². The molecule has 10 heteroatoms. The van der Waals surface area contributed by atoms with Crippen molar-refractivity contribution in [2.24, 2.45) is 5.73 Å². The first-order chi connectivity index (χ1) is 16.8. The highest BCUT2D eigenvalue weighted by Gasteiger charge is 2.25. The van der Waals surface area contributed by atoms with Crippen LogP contribution in [0, 0.1) is 0 Å². The monoisotopic (exact) mass is 523 g/mol.